The number of pyridine rings is 1. The highest BCUT2D eigenvalue weighted by molar-refractivity contribution is 7.15. The summed E-state index contributed by atoms with van der Waals surface area (Å²) in [4.78, 5) is 9.96. The molecule has 2 nitrogen and oxygen atoms in total. The van der Waals surface area contributed by atoms with Gasteiger partial charge in [-0.3, -0.25) is 4.98 Å². The predicted octanol–water partition coefficient (Wildman–Crippen LogP) is 4.35. The zero-order valence-electron chi connectivity index (χ0n) is 10.5. The molecule has 2 aromatic heterocycles. The molecule has 0 radical (unpaired) electrons. The fourth-order valence-electron chi connectivity index (χ4n) is 2.06. The maximum absolute atomic E-state index is 13.2. The minimum atomic E-state index is -0.304. The Bertz CT molecular complexity index is 553. The number of aromatic nitrogens is 2. The second kappa shape index (κ2) is 4.43. The lowest BCUT2D eigenvalue weighted by Crippen LogP contribution is -1.90. The quantitative estimate of drug-likeness (QED) is 0.822. The molecule has 94 valence electrons. The second-order valence-electron chi connectivity index (χ2n) is 5.09. The highest BCUT2D eigenvalue weighted by atomic mass is 32.1. The van der Waals surface area contributed by atoms with Crippen molar-refractivity contribution in [2.24, 2.45) is 0 Å². The molecule has 0 unspecified atom stereocenters. The van der Waals surface area contributed by atoms with E-state index in [9.17, 15) is 4.39 Å². The molecule has 2 heterocycles. The third kappa shape index (κ3) is 2.17. The van der Waals surface area contributed by atoms with Crippen LogP contribution in [0.2, 0.25) is 0 Å². The molecule has 0 bridgehead atoms. The van der Waals surface area contributed by atoms with Crippen LogP contribution in [0.1, 0.15) is 49.1 Å². The van der Waals surface area contributed by atoms with Gasteiger partial charge in [-0.1, -0.05) is 13.8 Å². The van der Waals surface area contributed by atoms with E-state index in [0.717, 1.165) is 10.6 Å². The van der Waals surface area contributed by atoms with Crippen LogP contribution in [0.5, 0.6) is 0 Å². The fraction of sp³-hybridized carbons (Fsp3) is 0.429. The van der Waals surface area contributed by atoms with E-state index in [1.54, 1.807) is 17.5 Å². The Morgan fingerprint density at radius 3 is 2.72 bits per heavy atom. The van der Waals surface area contributed by atoms with Gasteiger partial charge in [0.05, 0.1) is 11.9 Å². The monoisotopic (exact) mass is 262 g/mol. The highest BCUT2D eigenvalue weighted by Crippen LogP contribution is 2.46. The first kappa shape index (κ1) is 11.8. The molecule has 0 N–H and O–H groups in total. The number of hydrogen-bond acceptors (Lipinski definition) is 3. The van der Waals surface area contributed by atoms with Gasteiger partial charge in [-0.25, -0.2) is 9.37 Å². The molecule has 3 rings (SSSR count). The topological polar surface area (TPSA) is 25.8 Å². The fourth-order valence-corrected chi connectivity index (χ4v) is 3.19. The van der Waals surface area contributed by atoms with Crippen molar-refractivity contribution in [1.29, 1.82) is 0 Å². The van der Waals surface area contributed by atoms with Gasteiger partial charge in [-0.2, -0.15) is 0 Å². The minimum Gasteiger partial charge on any atom is -0.261 e. The van der Waals surface area contributed by atoms with Crippen LogP contribution in [-0.4, -0.2) is 9.97 Å². The first-order valence-corrected chi connectivity index (χ1v) is 7.08. The number of nitrogens with zero attached hydrogens (tertiary/aromatic N) is 2. The Hall–Kier alpha value is -1.29. The summed E-state index contributed by atoms with van der Waals surface area (Å²) < 4.78 is 13.2. The molecular formula is C14H15FN2S. The molecule has 0 aromatic carbocycles. The van der Waals surface area contributed by atoms with E-state index >= 15 is 0 Å². The maximum Gasteiger partial charge on any atom is 0.142 e. The van der Waals surface area contributed by atoms with Crippen LogP contribution in [0.25, 0.3) is 10.6 Å². The summed E-state index contributed by atoms with van der Waals surface area (Å²) in [6.07, 6.45) is 5.39. The van der Waals surface area contributed by atoms with Crippen LogP contribution in [0.4, 0.5) is 4.39 Å². The molecule has 1 saturated carbocycles. The number of rotatable bonds is 3. The standard InChI is InChI=1S/C14H15FN2S/c1-8(2)13-12(9-3-4-9)17-14(18-13)10-5-11(15)7-16-6-10/h5-9H,3-4H2,1-2H3. The lowest BCUT2D eigenvalue weighted by atomic mass is 10.1. The van der Waals surface area contributed by atoms with E-state index in [-0.39, 0.29) is 5.82 Å². The summed E-state index contributed by atoms with van der Waals surface area (Å²) >= 11 is 1.68. The molecule has 1 aliphatic carbocycles. The summed E-state index contributed by atoms with van der Waals surface area (Å²) in [5.41, 5.74) is 2.02. The maximum atomic E-state index is 13.2. The van der Waals surface area contributed by atoms with Crippen LogP contribution in [0.3, 0.4) is 0 Å². The SMILES string of the molecule is CC(C)c1sc(-c2cncc(F)c2)nc1C1CC1. The molecule has 1 fully saturated rings. The van der Waals surface area contributed by atoms with E-state index in [4.69, 9.17) is 4.98 Å². The van der Waals surface area contributed by atoms with Gasteiger partial charge in [0.1, 0.15) is 10.8 Å². The van der Waals surface area contributed by atoms with Gasteiger partial charge in [0, 0.05) is 22.6 Å². The molecule has 0 aliphatic heterocycles. The third-order valence-electron chi connectivity index (χ3n) is 3.12. The molecule has 0 atom stereocenters. The first-order valence-electron chi connectivity index (χ1n) is 6.26. The Balaban J connectivity index is 2.05. The smallest absolute Gasteiger partial charge is 0.142 e. The highest BCUT2D eigenvalue weighted by Gasteiger charge is 2.30. The molecule has 0 saturated heterocycles. The minimum absolute atomic E-state index is 0.304. The van der Waals surface area contributed by atoms with Crippen molar-refractivity contribution in [3.8, 4) is 10.6 Å². The van der Waals surface area contributed by atoms with Crippen molar-refractivity contribution in [2.45, 2.75) is 38.5 Å². The van der Waals surface area contributed by atoms with Crippen molar-refractivity contribution in [3.63, 3.8) is 0 Å². The Morgan fingerprint density at radius 2 is 2.11 bits per heavy atom. The van der Waals surface area contributed by atoms with Gasteiger partial charge in [0.15, 0.2) is 0 Å². The van der Waals surface area contributed by atoms with Crippen molar-refractivity contribution in [1.82, 2.24) is 9.97 Å². The lowest BCUT2D eigenvalue weighted by molar-refractivity contribution is 0.622. The molecule has 0 spiro atoms. The van der Waals surface area contributed by atoms with Crippen LogP contribution < -0.4 is 0 Å². The van der Waals surface area contributed by atoms with Crippen LogP contribution in [-0.2, 0) is 0 Å². The molecule has 0 amide bonds. The summed E-state index contributed by atoms with van der Waals surface area (Å²) in [6.45, 7) is 4.38. The second-order valence-corrected chi connectivity index (χ2v) is 6.12. The van der Waals surface area contributed by atoms with Gasteiger partial charge in [0.2, 0.25) is 0 Å². The summed E-state index contributed by atoms with van der Waals surface area (Å²) in [7, 11) is 0. The lowest BCUT2D eigenvalue weighted by Gasteiger charge is -2.02. The van der Waals surface area contributed by atoms with Gasteiger partial charge in [-0.15, -0.1) is 11.3 Å². The Labute approximate surface area is 110 Å². The Morgan fingerprint density at radius 1 is 1.33 bits per heavy atom. The van der Waals surface area contributed by atoms with Gasteiger partial charge < -0.3 is 0 Å². The van der Waals surface area contributed by atoms with Crippen molar-refractivity contribution in [2.75, 3.05) is 0 Å². The first-order chi connectivity index (χ1) is 8.65. The van der Waals surface area contributed by atoms with Crippen LogP contribution in [0, 0.1) is 5.82 Å². The summed E-state index contributed by atoms with van der Waals surface area (Å²) in [6, 6.07) is 1.51. The molecular weight excluding hydrogens is 247 g/mol. The van der Waals surface area contributed by atoms with Crippen molar-refractivity contribution >= 4 is 11.3 Å². The molecule has 4 heteroatoms. The number of thiazole rings is 1. The average molecular weight is 262 g/mol. The van der Waals surface area contributed by atoms with Gasteiger partial charge in [-0.05, 0) is 24.8 Å². The van der Waals surface area contributed by atoms with Crippen molar-refractivity contribution in [3.05, 3.63) is 34.8 Å². The zero-order chi connectivity index (χ0) is 12.7. The van der Waals surface area contributed by atoms with E-state index < -0.39 is 0 Å². The number of halogens is 1. The summed E-state index contributed by atoms with van der Waals surface area (Å²) in [5, 5.41) is 0.896. The van der Waals surface area contributed by atoms with E-state index in [0.29, 0.717) is 11.8 Å². The van der Waals surface area contributed by atoms with E-state index in [1.165, 1.54) is 35.7 Å². The largest absolute Gasteiger partial charge is 0.261 e. The van der Waals surface area contributed by atoms with Crippen LogP contribution in [0.15, 0.2) is 18.5 Å². The Kier molecular flexibility index (Phi) is 2.90. The zero-order valence-corrected chi connectivity index (χ0v) is 11.3. The summed E-state index contributed by atoms with van der Waals surface area (Å²) in [5.74, 6) is 0.809. The van der Waals surface area contributed by atoms with E-state index in [1.807, 2.05) is 0 Å². The number of hydrogen-bond donors (Lipinski definition) is 0. The molecule has 18 heavy (non-hydrogen) atoms. The van der Waals surface area contributed by atoms with Gasteiger partial charge >= 0.3 is 0 Å². The van der Waals surface area contributed by atoms with Crippen molar-refractivity contribution < 1.29 is 4.39 Å². The normalized spacial score (nSPS) is 15.3. The van der Waals surface area contributed by atoms with Gasteiger partial charge in [0.25, 0.3) is 0 Å². The predicted molar refractivity (Wildman–Crippen MR) is 71.4 cm³/mol. The molecule has 1 aliphatic rings. The molecule has 2 aromatic rings. The van der Waals surface area contributed by atoms with Crippen LogP contribution >= 0.6 is 11.3 Å². The van der Waals surface area contributed by atoms with E-state index in [2.05, 4.69) is 18.8 Å². The third-order valence-corrected chi connectivity index (χ3v) is 4.54. The average Bonchev–Trinajstić information content (AvgIpc) is 3.07.